The summed E-state index contributed by atoms with van der Waals surface area (Å²) in [5.41, 5.74) is 0. The molecule has 1 N–H and O–H groups in total. The first-order valence-corrected chi connectivity index (χ1v) is 6.27. The van der Waals surface area contributed by atoms with Crippen molar-refractivity contribution in [2.24, 2.45) is 7.05 Å². The molecule has 2 rings (SSSR count). The number of anilines is 1. The highest BCUT2D eigenvalue weighted by atomic mass is 15.3. The Morgan fingerprint density at radius 2 is 2.38 bits per heavy atom. The van der Waals surface area contributed by atoms with Crippen LogP contribution in [0.25, 0.3) is 0 Å². The average molecular weight is 222 g/mol. The molecule has 1 saturated heterocycles. The summed E-state index contributed by atoms with van der Waals surface area (Å²) in [6.07, 6.45) is 5.65. The fourth-order valence-corrected chi connectivity index (χ4v) is 2.25. The first-order valence-electron chi connectivity index (χ1n) is 6.27. The number of aromatic nitrogens is 2. The van der Waals surface area contributed by atoms with Gasteiger partial charge in [-0.3, -0.25) is 4.68 Å². The number of rotatable bonds is 2. The normalized spacial score (nSPS) is 22.9. The summed E-state index contributed by atoms with van der Waals surface area (Å²) in [6.45, 7) is 5.61. The van der Waals surface area contributed by atoms with Gasteiger partial charge >= 0.3 is 0 Å². The minimum atomic E-state index is 0.673. The molecular weight excluding hydrogens is 200 g/mol. The van der Waals surface area contributed by atoms with Crippen molar-refractivity contribution in [3.8, 4) is 0 Å². The van der Waals surface area contributed by atoms with Crippen LogP contribution in [0.5, 0.6) is 0 Å². The van der Waals surface area contributed by atoms with E-state index in [1.165, 1.54) is 19.3 Å². The van der Waals surface area contributed by atoms with Crippen LogP contribution in [0, 0.1) is 0 Å². The van der Waals surface area contributed by atoms with E-state index in [2.05, 4.69) is 28.3 Å². The number of nitrogens with one attached hydrogen (secondary N) is 1. The third kappa shape index (κ3) is 2.76. The van der Waals surface area contributed by atoms with E-state index in [1.54, 1.807) is 0 Å². The van der Waals surface area contributed by atoms with Crippen LogP contribution in [0.1, 0.15) is 26.2 Å². The van der Waals surface area contributed by atoms with E-state index in [-0.39, 0.29) is 0 Å². The first-order chi connectivity index (χ1) is 7.79. The van der Waals surface area contributed by atoms with Crippen molar-refractivity contribution in [2.75, 3.05) is 24.5 Å². The summed E-state index contributed by atoms with van der Waals surface area (Å²) in [5.74, 6) is 1.12. The Bertz CT molecular complexity index is 321. The molecule has 1 unspecified atom stereocenters. The highest BCUT2D eigenvalue weighted by Crippen LogP contribution is 2.14. The molecule has 1 fully saturated rings. The number of aryl methyl sites for hydroxylation is 1. The standard InChI is InChI=1S/C12H22N4/c1-3-11-5-10-16(8-4-7-13-11)12-6-9-15(2)14-12/h6,9,11,13H,3-5,7-8,10H2,1-2H3. The van der Waals surface area contributed by atoms with E-state index in [1.807, 2.05) is 17.9 Å². The van der Waals surface area contributed by atoms with Gasteiger partial charge in [0.2, 0.25) is 0 Å². The van der Waals surface area contributed by atoms with E-state index in [0.29, 0.717) is 6.04 Å². The van der Waals surface area contributed by atoms with Crippen LogP contribution in [0.4, 0.5) is 5.82 Å². The van der Waals surface area contributed by atoms with Crippen molar-refractivity contribution in [3.63, 3.8) is 0 Å². The highest BCUT2D eigenvalue weighted by Gasteiger charge is 2.15. The maximum Gasteiger partial charge on any atom is 0.150 e. The first kappa shape index (κ1) is 11.5. The van der Waals surface area contributed by atoms with Crippen LogP contribution < -0.4 is 10.2 Å². The molecule has 0 bridgehead atoms. The Hall–Kier alpha value is -1.03. The molecule has 2 heterocycles. The second kappa shape index (κ2) is 5.34. The van der Waals surface area contributed by atoms with Crippen molar-refractivity contribution in [3.05, 3.63) is 12.3 Å². The monoisotopic (exact) mass is 222 g/mol. The minimum Gasteiger partial charge on any atom is -0.355 e. The van der Waals surface area contributed by atoms with Gasteiger partial charge in [-0.2, -0.15) is 5.10 Å². The van der Waals surface area contributed by atoms with Crippen LogP contribution in [-0.2, 0) is 7.05 Å². The summed E-state index contributed by atoms with van der Waals surface area (Å²) in [5, 5.41) is 8.08. The lowest BCUT2D eigenvalue weighted by Gasteiger charge is -2.28. The van der Waals surface area contributed by atoms with Gasteiger partial charge in [0.1, 0.15) is 0 Å². The predicted octanol–water partition coefficient (Wildman–Crippen LogP) is 1.39. The molecular formula is C12H22N4. The maximum absolute atomic E-state index is 4.48. The third-order valence-corrected chi connectivity index (χ3v) is 3.30. The zero-order valence-electron chi connectivity index (χ0n) is 10.3. The van der Waals surface area contributed by atoms with E-state index in [9.17, 15) is 0 Å². The SMILES string of the molecule is CCC1CCN(c2ccn(C)n2)CCCN1. The van der Waals surface area contributed by atoms with Crippen LogP contribution in [0.15, 0.2) is 12.3 Å². The summed E-state index contributed by atoms with van der Waals surface area (Å²) in [6, 6.07) is 2.78. The van der Waals surface area contributed by atoms with Crippen molar-refractivity contribution < 1.29 is 0 Å². The molecule has 1 aliphatic rings. The minimum absolute atomic E-state index is 0.673. The summed E-state index contributed by atoms with van der Waals surface area (Å²) in [4.78, 5) is 2.41. The Balaban J connectivity index is 1.98. The molecule has 1 aromatic rings. The fraction of sp³-hybridized carbons (Fsp3) is 0.750. The van der Waals surface area contributed by atoms with Gasteiger partial charge in [0, 0.05) is 38.4 Å². The lowest BCUT2D eigenvalue weighted by atomic mass is 10.1. The largest absolute Gasteiger partial charge is 0.355 e. The van der Waals surface area contributed by atoms with Crippen molar-refractivity contribution >= 4 is 5.82 Å². The second-order valence-corrected chi connectivity index (χ2v) is 4.54. The predicted molar refractivity (Wildman–Crippen MR) is 66.7 cm³/mol. The quantitative estimate of drug-likeness (QED) is 0.821. The Kier molecular flexibility index (Phi) is 3.83. The lowest BCUT2D eigenvalue weighted by Crippen LogP contribution is -2.39. The van der Waals surface area contributed by atoms with Gasteiger partial charge in [-0.15, -0.1) is 0 Å². The van der Waals surface area contributed by atoms with Gasteiger partial charge in [-0.05, 0) is 25.8 Å². The van der Waals surface area contributed by atoms with Crippen LogP contribution in [-0.4, -0.2) is 35.5 Å². The summed E-state index contributed by atoms with van der Waals surface area (Å²) >= 11 is 0. The molecule has 4 nitrogen and oxygen atoms in total. The summed E-state index contributed by atoms with van der Waals surface area (Å²) < 4.78 is 1.88. The molecule has 16 heavy (non-hydrogen) atoms. The zero-order valence-corrected chi connectivity index (χ0v) is 10.3. The summed E-state index contributed by atoms with van der Waals surface area (Å²) in [7, 11) is 1.98. The molecule has 0 amide bonds. The van der Waals surface area contributed by atoms with E-state index < -0.39 is 0 Å². The smallest absolute Gasteiger partial charge is 0.150 e. The molecule has 1 atom stereocenters. The molecule has 0 aliphatic carbocycles. The van der Waals surface area contributed by atoms with Gasteiger partial charge in [0.15, 0.2) is 5.82 Å². The van der Waals surface area contributed by atoms with Gasteiger partial charge in [-0.1, -0.05) is 6.92 Å². The molecule has 0 spiro atoms. The topological polar surface area (TPSA) is 33.1 Å². The van der Waals surface area contributed by atoms with E-state index >= 15 is 0 Å². The molecule has 0 aromatic carbocycles. The lowest BCUT2D eigenvalue weighted by molar-refractivity contribution is 0.438. The molecule has 0 radical (unpaired) electrons. The average Bonchev–Trinajstić information content (AvgIpc) is 2.65. The Morgan fingerprint density at radius 1 is 1.50 bits per heavy atom. The number of hydrogen-bond acceptors (Lipinski definition) is 3. The maximum atomic E-state index is 4.48. The second-order valence-electron chi connectivity index (χ2n) is 4.54. The fourth-order valence-electron chi connectivity index (χ4n) is 2.25. The Labute approximate surface area is 97.6 Å². The molecule has 1 aromatic heterocycles. The zero-order chi connectivity index (χ0) is 11.4. The molecule has 0 saturated carbocycles. The molecule has 4 heteroatoms. The van der Waals surface area contributed by atoms with Crippen molar-refractivity contribution in [2.45, 2.75) is 32.2 Å². The molecule has 90 valence electrons. The molecule has 1 aliphatic heterocycles. The third-order valence-electron chi connectivity index (χ3n) is 3.30. The Morgan fingerprint density at radius 3 is 3.06 bits per heavy atom. The van der Waals surface area contributed by atoms with Crippen LogP contribution in [0.2, 0.25) is 0 Å². The van der Waals surface area contributed by atoms with Gasteiger partial charge in [0.25, 0.3) is 0 Å². The van der Waals surface area contributed by atoms with E-state index in [4.69, 9.17) is 0 Å². The van der Waals surface area contributed by atoms with Crippen LogP contribution in [0.3, 0.4) is 0 Å². The van der Waals surface area contributed by atoms with Crippen molar-refractivity contribution in [1.29, 1.82) is 0 Å². The number of nitrogens with zero attached hydrogens (tertiary/aromatic N) is 3. The van der Waals surface area contributed by atoms with Gasteiger partial charge in [0.05, 0.1) is 0 Å². The van der Waals surface area contributed by atoms with Gasteiger partial charge in [-0.25, -0.2) is 0 Å². The van der Waals surface area contributed by atoms with Crippen molar-refractivity contribution in [1.82, 2.24) is 15.1 Å². The number of hydrogen-bond donors (Lipinski definition) is 1. The van der Waals surface area contributed by atoms with Gasteiger partial charge < -0.3 is 10.2 Å². The van der Waals surface area contributed by atoms with Crippen LogP contribution >= 0.6 is 0 Å². The highest BCUT2D eigenvalue weighted by molar-refractivity contribution is 5.36. The van der Waals surface area contributed by atoms with E-state index in [0.717, 1.165) is 25.5 Å².